The molecule has 0 aliphatic heterocycles. The number of nitro groups is 1. The second-order valence-electron chi connectivity index (χ2n) is 2.68. The molecule has 0 saturated heterocycles. The number of hydrogen-bond donors (Lipinski definition) is 1. The Bertz CT molecular complexity index is 369. The van der Waals surface area contributed by atoms with Crippen molar-refractivity contribution < 1.29 is 13.7 Å². The molecule has 0 aliphatic rings. The number of nitrogens with one attached hydrogen (secondary N) is 1. The summed E-state index contributed by atoms with van der Waals surface area (Å²) in [6.07, 6.45) is 0. The van der Waals surface area contributed by atoms with E-state index in [0.717, 1.165) is 6.07 Å². The van der Waals surface area contributed by atoms with Crippen LogP contribution in [-0.2, 0) is 6.54 Å². The highest BCUT2D eigenvalue weighted by Crippen LogP contribution is 2.21. The van der Waals surface area contributed by atoms with Gasteiger partial charge in [-0.1, -0.05) is 0 Å². The molecule has 0 aromatic heterocycles. The van der Waals surface area contributed by atoms with E-state index in [1.807, 2.05) is 0 Å². The first-order chi connectivity index (χ1) is 6.56. The van der Waals surface area contributed by atoms with E-state index in [4.69, 9.17) is 0 Å². The van der Waals surface area contributed by atoms with Gasteiger partial charge in [-0.05, 0) is 13.1 Å². The molecule has 76 valence electrons. The Morgan fingerprint density at radius 1 is 1.43 bits per heavy atom. The van der Waals surface area contributed by atoms with Gasteiger partial charge in [0.15, 0.2) is 0 Å². The molecule has 0 saturated carbocycles. The van der Waals surface area contributed by atoms with Crippen LogP contribution < -0.4 is 5.32 Å². The van der Waals surface area contributed by atoms with Gasteiger partial charge in [0.25, 0.3) is 0 Å². The lowest BCUT2D eigenvalue weighted by Crippen LogP contribution is -2.08. The highest BCUT2D eigenvalue weighted by Gasteiger charge is 2.17. The molecule has 0 aliphatic carbocycles. The monoisotopic (exact) mass is 202 g/mol. The topological polar surface area (TPSA) is 55.2 Å². The van der Waals surface area contributed by atoms with E-state index < -0.39 is 22.2 Å². The highest BCUT2D eigenvalue weighted by molar-refractivity contribution is 5.36. The molecule has 0 fully saturated rings. The van der Waals surface area contributed by atoms with Crippen LogP contribution >= 0.6 is 0 Å². The van der Waals surface area contributed by atoms with E-state index in [0.29, 0.717) is 6.07 Å². The molecule has 4 nitrogen and oxygen atoms in total. The largest absolute Gasteiger partial charge is 0.316 e. The fourth-order valence-corrected chi connectivity index (χ4v) is 1.04. The third-order valence-electron chi connectivity index (χ3n) is 1.68. The maximum atomic E-state index is 13.1. The Morgan fingerprint density at radius 2 is 2.07 bits per heavy atom. The van der Waals surface area contributed by atoms with Crippen LogP contribution in [0.5, 0.6) is 0 Å². The van der Waals surface area contributed by atoms with Gasteiger partial charge >= 0.3 is 5.69 Å². The Kier molecular flexibility index (Phi) is 3.08. The van der Waals surface area contributed by atoms with Gasteiger partial charge in [-0.15, -0.1) is 0 Å². The van der Waals surface area contributed by atoms with Crippen LogP contribution in [0.2, 0.25) is 0 Å². The Labute approximate surface area is 78.7 Å². The van der Waals surface area contributed by atoms with Gasteiger partial charge < -0.3 is 5.32 Å². The van der Waals surface area contributed by atoms with Gasteiger partial charge in [0, 0.05) is 12.1 Å². The van der Waals surface area contributed by atoms with Crippen molar-refractivity contribution >= 4 is 5.69 Å². The lowest BCUT2D eigenvalue weighted by Gasteiger charge is -2.02. The van der Waals surface area contributed by atoms with Crippen molar-refractivity contribution in [2.45, 2.75) is 6.54 Å². The zero-order valence-corrected chi connectivity index (χ0v) is 7.38. The molecule has 0 amide bonds. The average Bonchev–Trinajstić information content (AvgIpc) is 2.10. The standard InChI is InChI=1S/C8H8F2N2O2/c1-11-4-5-2-7(10)8(12(13)14)3-6(5)9/h2-3,11H,4H2,1H3. The normalized spacial score (nSPS) is 10.2. The Morgan fingerprint density at radius 3 is 2.57 bits per heavy atom. The van der Waals surface area contributed by atoms with Gasteiger partial charge in [0.1, 0.15) is 5.82 Å². The average molecular weight is 202 g/mol. The number of hydrogen-bond acceptors (Lipinski definition) is 3. The lowest BCUT2D eigenvalue weighted by molar-refractivity contribution is -0.387. The van der Waals surface area contributed by atoms with Crippen molar-refractivity contribution in [1.29, 1.82) is 0 Å². The molecule has 0 heterocycles. The number of rotatable bonds is 3. The summed E-state index contributed by atoms with van der Waals surface area (Å²) in [6, 6.07) is 1.41. The summed E-state index contributed by atoms with van der Waals surface area (Å²) in [5, 5.41) is 12.9. The molecule has 14 heavy (non-hydrogen) atoms. The quantitative estimate of drug-likeness (QED) is 0.598. The van der Waals surface area contributed by atoms with E-state index in [1.165, 1.54) is 0 Å². The zero-order valence-electron chi connectivity index (χ0n) is 7.38. The van der Waals surface area contributed by atoms with Crippen molar-refractivity contribution in [3.8, 4) is 0 Å². The Hall–Kier alpha value is -1.56. The first kappa shape index (κ1) is 10.5. The van der Waals surface area contributed by atoms with E-state index >= 15 is 0 Å². The summed E-state index contributed by atoms with van der Waals surface area (Å²) < 4.78 is 26.0. The fraction of sp³-hybridized carbons (Fsp3) is 0.250. The summed E-state index contributed by atoms with van der Waals surface area (Å²) in [5.74, 6) is -1.81. The van der Waals surface area contributed by atoms with Crippen LogP contribution in [0.1, 0.15) is 5.56 Å². The highest BCUT2D eigenvalue weighted by atomic mass is 19.1. The fourth-order valence-electron chi connectivity index (χ4n) is 1.04. The molecule has 1 N–H and O–H groups in total. The van der Waals surface area contributed by atoms with Crippen LogP contribution in [0.3, 0.4) is 0 Å². The molecular formula is C8H8F2N2O2. The van der Waals surface area contributed by atoms with Crippen LogP contribution in [0, 0.1) is 21.7 Å². The molecule has 1 aromatic carbocycles. The summed E-state index contributed by atoms with van der Waals surface area (Å²) in [7, 11) is 1.57. The molecule has 0 radical (unpaired) electrons. The molecule has 1 rings (SSSR count). The summed E-state index contributed by atoms with van der Waals surface area (Å²) in [4.78, 5) is 9.27. The number of benzene rings is 1. The SMILES string of the molecule is CNCc1cc(F)c([N+](=O)[O-])cc1F. The van der Waals surface area contributed by atoms with Crippen molar-refractivity contribution in [1.82, 2.24) is 5.32 Å². The number of nitro benzene ring substituents is 1. The summed E-state index contributed by atoms with van der Waals surface area (Å²) in [6.45, 7) is 0.126. The minimum absolute atomic E-state index is 0.0654. The minimum atomic E-state index is -1.03. The first-order valence-corrected chi connectivity index (χ1v) is 3.83. The third kappa shape index (κ3) is 2.02. The van der Waals surface area contributed by atoms with Crippen LogP contribution in [0.25, 0.3) is 0 Å². The van der Waals surface area contributed by atoms with Gasteiger partial charge in [-0.25, -0.2) is 4.39 Å². The maximum Gasteiger partial charge on any atom is 0.307 e. The second kappa shape index (κ2) is 4.10. The summed E-state index contributed by atoms with van der Waals surface area (Å²) in [5.41, 5.74) is -0.780. The van der Waals surface area contributed by atoms with Crippen LogP contribution in [0.15, 0.2) is 12.1 Å². The zero-order chi connectivity index (χ0) is 10.7. The van der Waals surface area contributed by atoms with Gasteiger partial charge in [-0.3, -0.25) is 10.1 Å². The summed E-state index contributed by atoms with van der Waals surface area (Å²) >= 11 is 0. The molecule has 6 heteroatoms. The third-order valence-corrected chi connectivity index (χ3v) is 1.68. The maximum absolute atomic E-state index is 13.1. The Balaban J connectivity index is 3.17. The molecule has 1 aromatic rings. The molecule has 0 unspecified atom stereocenters. The van der Waals surface area contributed by atoms with Crippen LogP contribution in [-0.4, -0.2) is 12.0 Å². The minimum Gasteiger partial charge on any atom is -0.316 e. The number of nitrogens with zero attached hydrogens (tertiary/aromatic N) is 1. The van der Waals surface area contributed by atoms with E-state index in [-0.39, 0.29) is 12.1 Å². The van der Waals surface area contributed by atoms with Crippen molar-refractivity contribution in [3.63, 3.8) is 0 Å². The predicted molar refractivity (Wildman–Crippen MR) is 45.8 cm³/mol. The second-order valence-corrected chi connectivity index (χ2v) is 2.68. The first-order valence-electron chi connectivity index (χ1n) is 3.83. The lowest BCUT2D eigenvalue weighted by atomic mass is 10.2. The van der Waals surface area contributed by atoms with E-state index in [9.17, 15) is 18.9 Å². The number of halogens is 2. The predicted octanol–water partition coefficient (Wildman–Crippen LogP) is 1.59. The molecular weight excluding hydrogens is 194 g/mol. The van der Waals surface area contributed by atoms with Gasteiger partial charge in [-0.2, -0.15) is 4.39 Å². The van der Waals surface area contributed by atoms with Crippen molar-refractivity contribution in [2.24, 2.45) is 0 Å². The van der Waals surface area contributed by atoms with Gasteiger partial charge in [0.2, 0.25) is 5.82 Å². The van der Waals surface area contributed by atoms with E-state index in [2.05, 4.69) is 5.32 Å². The smallest absolute Gasteiger partial charge is 0.307 e. The van der Waals surface area contributed by atoms with Crippen molar-refractivity contribution in [2.75, 3.05) is 7.05 Å². The molecule has 0 bridgehead atoms. The van der Waals surface area contributed by atoms with Crippen LogP contribution in [0.4, 0.5) is 14.5 Å². The molecule has 0 atom stereocenters. The van der Waals surface area contributed by atoms with E-state index in [1.54, 1.807) is 7.05 Å². The van der Waals surface area contributed by atoms with Gasteiger partial charge in [0.05, 0.1) is 11.0 Å². The van der Waals surface area contributed by atoms with Crippen molar-refractivity contribution in [3.05, 3.63) is 39.4 Å². The molecule has 0 spiro atoms.